The van der Waals surface area contributed by atoms with Crippen molar-refractivity contribution in [3.8, 4) is 0 Å². The summed E-state index contributed by atoms with van der Waals surface area (Å²) in [5, 5.41) is 0. The van der Waals surface area contributed by atoms with Gasteiger partial charge in [0, 0.05) is 18.4 Å². The van der Waals surface area contributed by atoms with Gasteiger partial charge in [0.15, 0.2) is 5.79 Å². The van der Waals surface area contributed by atoms with Crippen LogP contribution in [0, 0.1) is 5.92 Å². The molecule has 17 heavy (non-hydrogen) atoms. The Labute approximate surface area is 102 Å². The number of hydrogen-bond acceptors (Lipinski definition) is 4. The first kappa shape index (κ1) is 12.6. The smallest absolute Gasteiger partial charge is 0.333 e. The number of carbonyl (C=O) groups is 1. The zero-order valence-electron chi connectivity index (χ0n) is 10.4. The van der Waals surface area contributed by atoms with Crippen LogP contribution in [-0.2, 0) is 19.0 Å². The summed E-state index contributed by atoms with van der Waals surface area (Å²) in [5.74, 6) is -0.417. The van der Waals surface area contributed by atoms with Gasteiger partial charge in [0.25, 0.3) is 0 Å². The Morgan fingerprint density at radius 1 is 1.35 bits per heavy atom. The van der Waals surface area contributed by atoms with Crippen LogP contribution in [0.4, 0.5) is 0 Å². The first-order chi connectivity index (χ1) is 8.17. The molecule has 0 aromatic heterocycles. The summed E-state index contributed by atoms with van der Waals surface area (Å²) in [7, 11) is 0. The van der Waals surface area contributed by atoms with E-state index in [9.17, 15) is 4.79 Å². The molecule has 0 N–H and O–H groups in total. The zero-order valence-corrected chi connectivity index (χ0v) is 10.4. The van der Waals surface area contributed by atoms with Crippen LogP contribution in [-0.4, -0.2) is 31.6 Å². The minimum atomic E-state index is -0.370. The van der Waals surface area contributed by atoms with E-state index in [1.165, 1.54) is 0 Å². The average Bonchev–Trinajstić information content (AvgIpc) is 2.78. The topological polar surface area (TPSA) is 44.8 Å². The SMILES string of the molecule is C=C(C(=O)OCC)C1CCC2(CC1)OCCO2. The summed E-state index contributed by atoms with van der Waals surface area (Å²) >= 11 is 0. The monoisotopic (exact) mass is 240 g/mol. The van der Waals surface area contributed by atoms with Crippen molar-refractivity contribution in [2.75, 3.05) is 19.8 Å². The fraction of sp³-hybridized carbons (Fsp3) is 0.769. The molecule has 0 atom stereocenters. The van der Waals surface area contributed by atoms with Gasteiger partial charge < -0.3 is 14.2 Å². The van der Waals surface area contributed by atoms with E-state index in [0.29, 0.717) is 25.4 Å². The Hall–Kier alpha value is -0.870. The first-order valence-electron chi connectivity index (χ1n) is 6.31. The summed E-state index contributed by atoms with van der Waals surface area (Å²) in [4.78, 5) is 11.6. The van der Waals surface area contributed by atoms with Crippen molar-refractivity contribution in [1.82, 2.24) is 0 Å². The van der Waals surface area contributed by atoms with E-state index in [-0.39, 0.29) is 17.7 Å². The van der Waals surface area contributed by atoms with E-state index in [0.717, 1.165) is 25.7 Å². The molecule has 1 heterocycles. The van der Waals surface area contributed by atoms with E-state index in [4.69, 9.17) is 14.2 Å². The second kappa shape index (κ2) is 5.19. The van der Waals surface area contributed by atoms with E-state index < -0.39 is 0 Å². The van der Waals surface area contributed by atoms with Gasteiger partial charge in [0.05, 0.1) is 19.8 Å². The van der Waals surface area contributed by atoms with Crippen LogP contribution in [0.1, 0.15) is 32.6 Å². The molecule has 1 aliphatic carbocycles. The normalized spacial score (nSPS) is 23.8. The molecule has 1 saturated carbocycles. The van der Waals surface area contributed by atoms with Crippen LogP contribution >= 0.6 is 0 Å². The van der Waals surface area contributed by atoms with Crippen LogP contribution in [0.25, 0.3) is 0 Å². The van der Waals surface area contributed by atoms with Crippen LogP contribution in [0.2, 0.25) is 0 Å². The zero-order chi connectivity index (χ0) is 12.3. The Bertz CT molecular complexity index is 295. The van der Waals surface area contributed by atoms with E-state index in [1.807, 2.05) is 0 Å². The van der Waals surface area contributed by atoms with Gasteiger partial charge in [0.1, 0.15) is 0 Å². The third kappa shape index (κ3) is 2.69. The molecule has 0 aromatic carbocycles. The molecular weight excluding hydrogens is 220 g/mol. The summed E-state index contributed by atoms with van der Waals surface area (Å²) in [6, 6.07) is 0. The van der Waals surface area contributed by atoms with Crippen molar-refractivity contribution in [2.45, 2.75) is 38.4 Å². The van der Waals surface area contributed by atoms with Crippen LogP contribution in [0.15, 0.2) is 12.2 Å². The van der Waals surface area contributed by atoms with Crippen LogP contribution in [0.3, 0.4) is 0 Å². The molecule has 96 valence electrons. The molecule has 0 amide bonds. The standard InChI is InChI=1S/C13H20O4/c1-3-15-12(14)10(2)11-4-6-13(7-5-11)16-8-9-17-13/h11H,2-9H2,1H3. The molecule has 2 rings (SSSR count). The lowest BCUT2D eigenvalue weighted by atomic mass is 9.81. The maximum Gasteiger partial charge on any atom is 0.333 e. The highest BCUT2D eigenvalue weighted by Gasteiger charge is 2.41. The minimum absolute atomic E-state index is 0.215. The third-order valence-electron chi connectivity index (χ3n) is 3.59. The molecule has 0 aromatic rings. The fourth-order valence-corrected chi connectivity index (χ4v) is 2.58. The lowest BCUT2D eigenvalue weighted by molar-refractivity contribution is -0.181. The van der Waals surface area contributed by atoms with Crippen molar-refractivity contribution < 1.29 is 19.0 Å². The number of carbonyl (C=O) groups excluding carboxylic acids is 1. The molecular formula is C13H20O4. The van der Waals surface area contributed by atoms with E-state index in [1.54, 1.807) is 6.92 Å². The largest absolute Gasteiger partial charge is 0.463 e. The second-order valence-corrected chi connectivity index (χ2v) is 4.63. The number of esters is 1. The maximum atomic E-state index is 11.6. The van der Waals surface area contributed by atoms with Crippen molar-refractivity contribution >= 4 is 5.97 Å². The average molecular weight is 240 g/mol. The molecule has 2 fully saturated rings. The van der Waals surface area contributed by atoms with Crippen LogP contribution < -0.4 is 0 Å². The lowest BCUT2D eigenvalue weighted by Crippen LogP contribution is -2.36. The lowest BCUT2D eigenvalue weighted by Gasteiger charge is -2.35. The van der Waals surface area contributed by atoms with Crippen molar-refractivity contribution in [2.24, 2.45) is 5.92 Å². The molecule has 1 aliphatic heterocycles. The quantitative estimate of drug-likeness (QED) is 0.559. The van der Waals surface area contributed by atoms with Crippen molar-refractivity contribution in [3.05, 3.63) is 12.2 Å². The number of ether oxygens (including phenoxy) is 3. The Morgan fingerprint density at radius 3 is 2.47 bits per heavy atom. The Balaban J connectivity index is 1.86. The second-order valence-electron chi connectivity index (χ2n) is 4.63. The Morgan fingerprint density at radius 2 is 1.94 bits per heavy atom. The van der Waals surface area contributed by atoms with Gasteiger partial charge in [-0.25, -0.2) is 4.79 Å². The maximum absolute atomic E-state index is 11.6. The molecule has 1 saturated heterocycles. The predicted octanol–water partition coefficient (Wildman–Crippen LogP) is 2.04. The highest BCUT2D eigenvalue weighted by atomic mass is 16.7. The number of rotatable bonds is 3. The van der Waals surface area contributed by atoms with Gasteiger partial charge >= 0.3 is 5.97 Å². The first-order valence-corrected chi connectivity index (χ1v) is 6.31. The highest BCUT2D eigenvalue weighted by Crippen LogP contribution is 2.40. The molecule has 4 nitrogen and oxygen atoms in total. The van der Waals surface area contributed by atoms with Gasteiger partial charge in [-0.05, 0) is 25.7 Å². The number of hydrogen-bond donors (Lipinski definition) is 0. The van der Waals surface area contributed by atoms with Gasteiger partial charge in [-0.2, -0.15) is 0 Å². The molecule has 4 heteroatoms. The Kier molecular flexibility index (Phi) is 3.84. The van der Waals surface area contributed by atoms with Gasteiger partial charge in [-0.3, -0.25) is 0 Å². The van der Waals surface area contributed by atoms with Gasteiger partial charge in [-0.1, -0.05) is 6.58 Å². The summed E-state index contributed by atoms with van der Waals surface area (Å²) in [6.45, 7) is 7.43. The van der Waals surface area contributed by atoms with Gasteiger partial charge in [0.2, 0.25) is 0 Å². The predicted molar refractivity (Wildman–Crippen MR) is 62.4 cm³/mol. The summed E-state index contributed by atoms with van der Waals surface area (Å²) in [5.41, 5.74) is 0.597. The molecule has 0 bridgehead atoms. The van der Waals surface area contributed by atoms with Crippen molar-refractivity contribution in [3.63, 3.8) is 0 Å². The molecule has 2 aliphatic rings. The fourth-order valence-electron chi connectivity index (χ4n) is 2.58. The minimum Gasteiger partial charge on any atom is -0.463 e. The third-order valence-corrected chi connectivity index (χ3v) is 3.59. The van der Waals surface area contributed by atoms with Crippen molar-refractivity contribution in [1.29, 1.82) is 0 Å². The molecule has 0 radical (unpaired) electrons. The van der Waals surface area contributed by atoms with E-state index >= 15 is 0 Å². The van der Waals surface area contributed by atoms with Gasteiger partial charge in [-0.15, -0.1) is 0 Å². The molecule has 1 spiro atoms. The highest BCUT2D eigenvalue weighted by molar-refractivity contribution is 5.88. The van der Waals surface area contributed by atoms with E-state index in [2.05, 4.69) is 6.58 Å². The van der Waals surface area contributed by atoms with Crippen LogP contribution in [0.5, 0.6) is 0 Å². The molecule has 0 unspecified atom stereocenters. The summed E-state index contributed by atoms with van der Waals surface area (Å²) < 4.78 is 16.3. The summed E-state index contributed by atoms with van der Waals surface area (Å²) in [6.07, 6.45) is 3.46.